The largest absolute Gasteiger partial charge is 0.349 e. The van der Waals surface area contributed by atoms with Gasteiger partial charge in [0, 0.05) is 37.7 Å². The highest BCUT2D eigenvalue weighted by atomic mass is 16.2. The number of H-pyrrole nitrogens is 1. The maximum Gasteiger partial charge on any atom is 0.260 e. The minimum Gasteiger partial charge on any atom is -0.349 e. The fourth-order valence-electron chi connectivity index (χ4n) is 2.54. The van der Waals surface area contributed by atoms with Gasteiger partial charge in [-0.1, -0.05) is 0 Å². The van der Waals surface area contributed by atoms with E-state index in [1.54, 1.807) is 24.5 Å². The second-order valence-electron chi connectivity index (χ2n) is 5.20. The fraction of sp³-hybridized carbons (Fsp3) is 0.333. The quantitative estimate of drug-likeness (QED) is 0.864. The monoisotopic (exact) mass is 299 g/mol. The Kier molecular flexibility index (Phi) is 4.13. The van der Waals surface area contributed by atoms with Crippen LogP contribution in [-0.4, -0.2) is 40.0 Å². The highest BCUT2D eigenvalue weighted by molar-refractivity contribution is 5.93. The number of aromatic amines is 1. The lowest BCUT2D eigenvalue weighted by atomic mass is 10.0. The number of piperidine rings is 1. The first-order valence-corrected chi connectivity index (χ1v) is 7.24. The molecule has 2 aromatic rings. The first-order chi connectivity index (χ1) is 10.7. The van der Waals surface area contributed by atoms with Gasteiger partial charge in [0.15, 0.2) is 0 Å². The standard InChI is InChI=1S/C15H17N5O2/c21-13-12(3-1-6-16-13)14(22)19-11-4-9-20(10-5-11)15-17-7-2-8-18-15/h1-3,6-8,11H,4-5,9-10H2,(H,16,21)(H,19,22). The van der Waals surface area contributed by atoms with Crippen molar-refractivity contribution >= 4 is 11.9 Å². The highest BCUT2D eigenvalue weighted by Gasteiger charge is 2.23. The van der Waals surface area contributed by atoms with Crippen LogP contribution in [0.25, 0.3) is 0 Å². The van der Waals surface area contributed by atoms with Crippen LogP contribution in [0.15, 0.2) is 41.6 Å². The first kappa shape index (κ1) is 14.2. The van der Waals surface area contributed by atoms with Crippen molar-refractivity contribution < 1.29 is 4.79 Å². The van der Waals surface area contributed by atoms with E-state index in [4.69, 9.17) is 0 Å². The van der Waals surface area contributed by atoms with Crippen LogP contribution in [-0.2, 0) is 0 Å². The summed E-state index contributed by atoms with van der Waals surface area (Å²) in [5, 5.41) is 2.92. The summed E-state index contributed by atoms with van der Waals surface area (Å²) in [5.41, 5.74) is -0.216. The average molecular weight is 299 g/mol. The van der Waals surface area contributed by atoms with Gasteiger partial charge in [-0.3, -0.25) is 9.59 Å². The van der Waals surface area contributed by atoms with Gasteiger partial charge in [-0.15, -0.1) is 0 Å². The van der Waals surface area contributed by atoms with E-state index >= 15 is 0 Å². The normalized spacial score (nSPS) is 15.5. The summed E-state index contributed by atoms with van der Waals surface area (Å²) < 4.78 is 0. The van der Waals surface area contributed by atoms with Crippen molar-refractivity contribution in [2.24, 2.45) is 0 Å². The van der Waals surface area contributed by atoms with Gasteiger partial charge in [0.1, 0.15) is 5.56 Å². The van der Waals surface area contributed by atoms with E-state index in [1.807, 2.05) is 0 Å². The summed E-state index contributed by atoms with van der Waals surface area (Å²) in [4.78, 5) is 36.8. The molecule has 0 unspecified atom stereocenters. The van der Waals surface area contributed by atoms with Crippen LogP contribution in [0.4, 0.5) is 5.95 Å². The van der Waals surface area contributed by atoms with Gasteiger partial charge in [0.2, 0.25) is 5.95 Å². The highest BCUT2D eigenvalue weighted by Crippen LogP contribution is 2.15. The Morgan fingerprint density at radius 1 is 1.23 bits per heavy atom. The maximum absolute atomic E-state index is 12.1. The van der Waals surface area contributed by atoms with Crippen LogP contribution in [0.5, 0.6) is 0 Å². The van der Waals surface area contributed by atoms with E-state index in [0.717, 1.165) is 25.9 Å². The molecule has 0 aromatic carbocycles. The molecule has 1 fully saturated rings. The van der Waals surface area contributed by atoms with E-state index in [9.17, 15) is 9.59 Å². The van der Waals surface area contributed by atoms with Crippen molar-refractivity contribution in [2.75, 3.05) is 18.0 Å². The Labute approximate surface area is 127 Å². The van der Waals surface area contributed by atoms with Crippen LogP contribution in [0, 0.1) is 0 Å². The van der Waals surface area contributed by atoms with Crippen molar-refractivity contribution in [1.82, 2.24) is 20.3 Å². The molecule has 1 aliphatic rings. The number of carbonyl (C=O) groups excluding carboxylic acids is 1. The van der Waals surface area contributed by atoms with Gasteiger partial charge in [-0.2, -0.15) is 0 Å². The first-order valence-electron chi connectivity index (χ1n) is 7.24. The van der Waals surface area contributed by atoms with Crippen LogP contribution in [0.3, 0.4) is 0 Å². The molecule has 22 heavy (non-hydrogen) atoms. The number of rotatable bonds is 3. The van der Waals surface area contributed by atoms with Gasteiger partial charge < -0.3 is 15.2 Å². The second-order valence-corrected chi connectivity index (χ2v) is 5.20. The molecule has 0 spiro atoms. The van der Waals surface area contributed by atoms with E-state index in [2.05, 4.69) is 25.2 Å². The Bertz CT molecular complexity index is 692. The molecular formula is C15H17N5O2. The van der Waals surface area contributed by atoms with Gasteiger partial charge in [0.25, 0.3) is 11.5 Å². The third kappa shape index (κ3) is 3.13. The minimum absolute atomic E-state index is 0.0621. The number of nitrogens with zero attached hydrogens (tertiary/aromatic N) is 3. The molecule has 7 nitrogen and oxygen atoms in total. The van der Waals surface area contributed by atoms with E-state index < -0.39 is 0 Å². The van der Waals surface area contributed by atoms with Gasteiger partial charge in [-0.05, 0) is 31.0 Å². The zero-order valence-corrected chi connectivity index (χ0v) is 12.0. The molecule has 0 atom stereocenters. The van der Waals surface area contributed by atoms with Crippen molar-refractivity contribution in [2.45, 2.75) is 18.9 Å². The number of carbonyl (C=O) groups is 1. The topological polar surface area (TPSA) is 91.0 Å². The molecule has 0 saturated carbocycles. The van der Waals surface area contributed by atoms with E-state index in [0.29, 0.717) is 5.95 Å². The summed E-state index contributed by atoms with van der Waals surface area (Å²) in [6.07, 6.45) is 6.55. The zero-order chi connectivity index (χ0) is 15.4. The molecule has 114 valence electrons. The van der Waals surface area contributed by atoms with Crippen LogP contribution in [0.1, 0.15) is 23.2 Å². The minimum atomic E-state index is -0.366. The lowest BCUT2D eigenvalue weighted by Crippen LogP contribution is -2.46. The van der Waals surface area contributed by atoms with Crippen molar-refractivity contribution in [1.29, 1.82) is 0 Å². The third-order valence-corrected chi connectivity index (χ3v) is 3.73. The Hall–Kier alpha value is -2.70. The maximum atomic E-state index is 12.1. The molecule has 3 rings (SSSR count). The number of nitrogens with one attached hydrogen (secondary N) is 2. The second kappa shape index (κ2) is 6.38. The molecule has 2 N–H and O–H groups in total. The van der Waals surface area contributed by atoms with Gasteiger partial charge >= 0.3 is 0 Å². The number of anilines is 1. The van der Waals surface area contributed by atoms with Crippen LogP contribution >= 0.6 is 0 Å². The molecule has 1 saturated heterocycles. The fourth-order valence-corrected chi connectivity index (χ4v) is 2.54. The van der Waals surface area contributed by atoms with E-state index in [1.165, 1.54) is 12.3 Å². The molecule has 2 aromatic heterocycles. The Morgan fingerprint density at radius 2 is 1.95 bits per heavy atom. The SMILES string of the molecule is O=C(NC1CCN(c2ncccn2)CC1)c1ccc[nH]c1=O. The third-order valence-electron chi connectivity index (χ3n) is 3.73. The summed E-state index contributed by atoms with van der Waals surface area (Å²) in [6, 6.07) is 5.02. The lowest BCUT2D eigenvalue weighted by molar-refractivity contribution is 0.0929. The molecule has 1 amide bonds. The average Bonchev–Trinajstić information content (AvgIpc) is 2.57. The summed E-state index contributed by atoms with van der Waals surface area (Å²) in [5.74, 6) is 0.392. The summed E-state index contributed by atoms with van der Waals surface area (Å²) in [6.45, 7) is 1.56. The summed E-state index contributed by atoms with van der Waals surface area (Å²) >= 11 is 0. The predicted octanol–water partition coefficient (Wildman–Crippen LogP) is 0.564. The predicted molar refractivity (Wildman–Crippen MR) is 81.8 cm³/mol. The molecule has 3 heterocycles. The number of hydrogen-bond donors (Lipinski definition) is 2. The molecule has 0 bridgehead atoms. The van der Waals surface area contributed by atoms with Crippen LogP contribution < -0.4 is 15.8 Å². The Morgan fingerprint density at radius 3 is 2.64 bits per heavy atom. The summed E-state index contributed by atoms with van der Waals surface area (Å²) in [7, 11) is 0. The molecular weight excluding hydrogens is 282 g/mol. The number of amides is 1. The number of hydrogen-bond acceptors (Lipinski definition) is 5. The van der Waals surface area contributed by atoms with E-state index in [-0.39, 0.29) is 23.1 Å². The molecule has 7 heteroatoms. The molecule has 0 radical (unpaired) electrons. The molecule has 0 aliphatic carbocycles. The van der Waals surface area contributed by atoms with Crippen molar-refractivity contribution in [3.8, 4) is 0 Å². The lowest BCUT2D eigenvalue weighted by Gasteiger charge is -2.32. The van der Waals surface area contributed by atoms with Crippen molar-refractivity contribution in [3.05, 3.63) is 52.7 Å². The molecule has 1 aliphatic heterocycles. The number of pyridine rings is 1. The van der Waals surface area contributed by atoms with Crippen LogP contribution in [0.2, 0.25) is 0 Å². The van der Waals surface area contributed by atoms with Gasteiger partial charge in [0.05, 0.1) is 0 Å². The smallest absolute Gasteiger partial charge is 0.260 e. The number of aromatic nitrogens is 3. The Balaban J connectivity index is 1.57. The zero-order valence-electron chi connectivity index (χ0n) is 12.0. The van der Waals surface area contributed by atoms with Gasteiger partial charge in [-0.25, -0.2) is 9.97 Å². The van der Waals surface area contributed by atoms with Crippen molar-refractivity contribution in [3.63, 3.8) is 0 Å².